The number of nitrogens with zero attached hydrogens (tertiary/aromatic N) is 1. The van der Waals surface area contributed by atoms with Gasteiger partial charge in [-0.05, 0) is 32.4 Å². The number of carbonyl (C=O) groups excluding carboxylic acids is 2. The monoisotopic (exact) mass is 295 g/mol. The largest absolute Gasteiger partial charge is 0.481 e. The van der Waals surface area contributed by atoms with Crippen LogP contribution >= 0.6 is 0 Å². The standard InChI is InChI=1S/C14H17NO6/c1-4-20-13(18)10-6-9(8(3)12(16)17)7-15-11(10)14(19)21-5-2/h6-8H,4-5H2,1-3H3,(H,16,17). The number of carbonyl (C=O) groups is 3. The van der Waals surface area contributed by atoms with Crippen molar-refractivity contribution in [2.75, 3.05) is 13.2 Å². The molecule has 7 heteroatoms. The van der Waals surface area contributed by atoms with Gasteiger partial charge in [-0.2, -0.15) is 0 Å². The molecule has 0 aromatic carbocycles. The Hall–Kier alpha value is -2.44. The van der Waals surface area contributed by atoms with Gasteiger partial charge in [0, 0.05) is 6.20 Å². The summed E-state index contributed by atoms with van der Waals surface area (Å²) in [6.45, 7) is 4.97. The highest BCUT2D eigenvalue weighted by molar-refractivity contribution is 6.02. The Morgan fingerprint density at radius 1 is 1.19 bits per heavy atom. The fraction of sp³-hybridized carbons (Fsp3) is 0.429. The van der Waals surface area contributed by atoms with Gasteiger partial charge in [-0.25, -0.2) is 14.6 Å². The van der Waals surface area contributed by atoms with E-state index >= 15 is 0 Å². The number of esters is 2. The number of ether oxygens (including phenoxy) is 2. The minimum Gasteiger partial charge on any atom is -0.481 e. The maximum Gasteiger partial charge on any atom is 0.357 e. The molecule has 1 N–H and O–H groups in total. The lowest BCUT2D eigenvalue weighted by atomic mass is 10.0. The molecule has 1 aromatic heterocycles. The van der Waals surface area contributed by atoms with Gasteiger partial charge in [-0.15, -0.1) is 0 Å². The molecule has 21 heavy (non-hydrogen) atoms. The van der Waals surface area contributed by atoms with E-state index in [1.165, 1.54) is 19.2 Å². The second-order valence-electron chi connectivity index (χ2n) is 4.17. The molecule has 0 saturated carbocycles. The SMILES string of the molecule is CCOC(=O)c1cc(C(C)C(=O)O)cnc1C(=O)OCC. The van der Waals surface area contributed by atoms with Crippen molar-refractivity contribution in [2.24, 2.45) is 0 Å². The molecule has 7 nitrogen and oxygen atoms in total. The van der Waals surface area contributed by atoms with E-state index in [-0.39, 0.29) is 24.5 Å². The molecule has 0 aliphatic carbocycles. The van der Waals surface area contributed by atoms with Gasteiger partial charge in [0.15, 0.2) is 5.69 Å². The van der Waals surface area contributed by atoms with Crippen molar-refractivity contribution < 1.29 is 29.0 Å². The maximum absolute atomic E-state index is 11.9. The Morgan fingerprint density at radius 2 is 1.76 bits per heavy atom. The van der Waals surface area contributed by atoms with Gasteiger partial charge in [-0.1, -0.05) is 0 Å². The van der Waals surface area contributed by atoms with Gasteiger partial charge in [0.05, 0.1) is 24.7 Å². The summed E-state index contributed by atoms with van der Waals surface area (Å²) >= 11 is 0. The normalized spacial score (nSPS) is 11.6. The lowest BCUT2D eigenvalue weighted by Gasteiger charge is -2.11. The smallest absolute Gasteiger partial charge is 0.357 e. The van der Waals surface area contributed by atoms with Crippen molar-refractivity contribution in [3.63, 3.8) is 0 Å². The van der Waals surface area contributed by atoms with E-state index in [0.29, 0.717) is 5.56 Å². The molecule has 1 unspecified atom stereocenters. The summed E-state index contributed by atoms with van der Waals surface area (Å²) in [6.07, 6.45) is 1.24. The van der Waals surface area contributed by atoms with E-state index in [0.717, 1.165) is 0 Å². The molecule has 0 radical (unpaired) electrons. The number of rotatable bonds is 6. The molecule has 0 spiro atoms. The maximum atomic E-state index is 11.9. The van der Waals surface area contributed by atoms with Crippen LogP contribution in [0.4, 0.5) is 0 Å². The van der Waals surface area contributed by atoms with Crippen molar-refractivity contribution in [1.29, 1.82) is 0 Å². The summed E-state index contributed by atoms with van der Waals surface area (Å²) in [7, 11) is 0. The van der Waals surface area contributed by atoms with Crippen LogP contribution in [0.1, 0.15) is 53.1 Å². The fourth-order valence-corrected chi connectivity index (χ4v) is 1.59. The fourth-order valence-electron chi connectivity index (χ4n) is 1.59. The molecule has 0 aliphatic rings. The average molecular weight is 295 g/mol. The van der Waals surface area contributed by atoms with Crippen LogP contribution in [0.15, 0.2) is 12.3 Å². The molecular formula is C14H17NO6. The highest BCUT2D eigenvalue weighted by Gasteiger charge is 2.24. The Morgan fingerprint density at radius 3 is 2.29 bits per heavy atom. The highest BCUT2D eigenvalue weighted by Crippen LogP contribution is 2.19. The molecule has 1 atom stereocenters. The second kappa shape index (κ2) is 7.37. The molecular weight excluding hydrogens is 278 g/mol. The first-order valence-electron chi connectivity index (χ1n) is 6.49. The molecule has 114 valence electrons. The third-order valence-electron chi connectivity index (χ3n) is 2.74. The zero-order valence-corrected chi connectivity index (χ0v) is 12.1. The van der Waals surface area contributed by atoms with Gasteiger partial charge in [0.1, 0.15) is 0 Å². The van der Waals surface area contributed by atoms with E-state index in [1.807, 2.05) is 0 Å². The first-order valence-corrected chi connectivity index (χ1v) is 6.49. The van der Waals surface area contributed by atoms with Crippen LogP contribution in [-0.2, 0) is 14.3 Å². The van der Waals surface area contributed by atoms with E-state index in [4.69, 9.17) is 14.6 Å². The first kappa shape index (κ1) is 16.6. The van der Waals surface area contributed by atoms with Crippen LogP contribution < -0.4 is 0 Å². The number of carboxylic acid groups (broad SMARTS) is 1. The van der Waals surface area contributed by atoms with Crippen LogP contribution in [0, 0.1) is 0 Å². The number of aromatic nitrogens is 1. The lowest BCUT2D eigenvalue weighted by molar-refractivity contribution is -0.138. The quantitative estimate of drug-likeness (QED) is 0.795. The molecule has 1 heterocycles. The zero-order chi connectivity index (χ0) is 16.0. The molecule has 0 aliphatic heterocycles. The third kappa shape index (κ3) is 4.01. The van der Waals surface area contributed by atoms with Crippen LogP contribution in [0.5, 0.6) is 0 Å². The van der Waals surface area contributed by atoms with E-state index in [1.54, 1.807) is 13.8 Å². The topological polar surface area (TPSA) is 103 Å². The summed E-state index contributed by atoms with van der Waals surface area (Å²) in [6, 6.07) is 1.30. The van der Waals surface area contributed by atoms with Gasteiger partial charge in [-0.3, -0.25) is 4.79 Å². The number of pyridine rings is 1. The summed E-state index contributed by atoms with van der Waals surface area (Å²) in [5, 5.41) is 9.00. The second-order valence-corrected chi connectivity index (χ2v) is 4.17. The average Bonchev–Trinajstić information content (AvgIpc) is 2.46. The number of carboxylic acids is 1. The molecule has 1 aromatic rings. The molecule has 1 rings (SSSR count). The molecule has 0 amide bonds. The van der Waals surface area contributed by atoms with E-state index in [2.05, 4.69) is 4.98 Å². The van der Waals surface area contributed by atoms with Crippen molar-refractivity contribution in [1.82, 2.24) is 4.98 Å². The Balaban J connectivity index is 3.29. The third-order valence-corrected chi connectivity index (χ3v) is 2.74. The number of hydrogen-bond donors (Lipinski definition) is 1. The highest BCUT2D eigenvalue weighted by atomic mass is 16.5. The Bertz CT molecular complexity index is 554. The zero-order valence-electron chi connectivity index (χ0n) is 12.1. The van der Waals surface area contributed by atoms with Crippen LogP contribution in [-0.4, -0.2) is 41.2 Å². The summed E-state index contributed by atoms with van der Waals surface area (Å²) in [5.41, 5.74) is 0.0242. The van der Waals surface area contributed by atoms with E-state index < -0.39 is 23.8 Å². The van der Waals surface area contributed by atoms with Crippen molar-refractivity contribution in [3.8, 4) is 0 Å². The Kier molecular flexibility index (Phi) is 5.83. The number of aliphatic carboxylic acids is 1. The van der Waals surface area contributed by atoms with Gasteiger partial charge in [0.25, 0.3) is 0 Å². The summed E-state index contributed by atoms with van der Waals surface area (Å²) < 4.78 is 9.68. The van der Waals surface area contributed by atoms with Gasteiger partial charge < -0.3 is 14.6 Å². The first-order chi connectivity index (χ1) is 9.92. The van der Waals surface area contributed by atoms with Crippen molar-refractivity contribution >= 4 is 17.9 Å². The molecule has 0 saturated heterocycles. The minimum absolute atomic E-state index is 0.0964. The van der Waals surface area contributed by atoms with Gasteiger partial charge in [0.2, 0.25) is 0 Å². The van der Waals surface area contributed by atoms with Crippen LogP contribution in [0.25, 0.3) is 0 Å². The minimum atomic E-state index is -1.06. The summed E-state index contributed by atoms with van der Waals surface area (Å²) in [4.78, 5) is 38.5. The number of hydrogen-bond acceptors (Lipinski definition) is 6. The molecule has 0 bridgehead atoms. The van der Waals surface area contributed by atoms with Crippen LogP contribution in [0.2, 0.25) is 0 Å². The molecule has 0 fully saturated rings. The predicted octanol–water partition coefficient (Wildman–Crippen LogP) is 1.62. The lowest BCUT2D eigenvalue weighted by Crippen LogP contribution is -2.18. The van der Waals surface area contributed by atoms with E-state index in [9.17, 15) is 14.4 Å². The Labute approximate surface area is 121 Å². The van der Waals surface area contributed by atoms with Crippen LogP contribution in [0.3, 0.4) is 0 Å². The summed E-state index contributed by atoms with van der Waals surface area (Å²) in [5.74, 6) is -3.42. The predicted molar refractivity (Wildman–Crippen MR) is 72.2 cm³/mol. The van der Waals surface area contributed by atoms with Crippen molar-refractivity contribution in [3.05, 3.63) is 29.1 Å². The van der Waals surface area contributed by atoms with Gasteiger partial charge >= 0.3 is 17.9 Å². The van der Waals surface area contributed by atoms with Crippen molar-refractivity contribution in [2.45, 2.75) is 26.7 Å².